The second-order valence-electron chi connectivity index (χ2n) is 4.27. The Morgan fingerprint density at radius 2 is 1.95 bits per heavy atom. The Bertz CT molecular complexity index is 392. The molecule has 0 heterocycles. The standard InChI is InChI=1S/C11H21NO6S/c1-9(11(14)15)5-3-7-12-19(16,17)8-4-6-10(13)18-2/h9,12H,3-8H2,1-2H3,(H,14,15). The van der Waals surface area contributed by atoms with Gasteiger partial charge in [-0.3, -0.25) is 9.59 Å². The third-order valence-electron chi connectivity index (χ3n) is 2.58. The molecule has 0 rings (SSSR count). The first kappa shape index (κ1) is 17.8. The topological polar surface area (TPSA) is 110 Å². The second kappa shape index (κ2) is 8.87. The third-order valence-corrected chi connectivity index (χ3v) is 4.05. The van der Waals surface area contributed by atoms with Gasteiger partial charge in [0, 0.05) is 13.0 Å². The van der Waals surface area contributed by atoms with Crippen molar-refractivity contribution in [1.82, 2.24) is 4.72 Å². The summed E-state index contributed by atoms with van der Waals surface area (Å²) in [6.07, 6.45) is 1.14. The molecule has 0 spiro atoms. The normalized spacial score (nSPS) is 12.9. The number of carbonyl (C=O) groups is 2. The number of nitrogens with one attached hydrogen (secondary N) is 1. The van der Waals surface area contributed by atoms with Gasteiger partial charge < -0.3 is 9.84 Å². The summed E-state index contributed by atoms with van der Waals surface area (Å²) in [6, 6.07) is 0. The van der Waals surface area contributed by atoms with Crippen molar-refractivity contribution in [2.45, 2.75) is 32.6 Å². The molecule has 0 aliphatic heterocycles. The molecule has 0 aliphatic rings. The minimum Gasteiger partial charge on any atom is -0.481 e. The van der Waals surface area contributed by atoms with Crippen molar-refractivity contribution in [3.8, 4) is 0 Å². The van der Waals surface area contributed by atoms with E-state index in [1.165, 1.54) is 7.11 Å². The van der Waals surface area contributed by atoms with Crippen molar-refractivity contribution in [1.29, 1.82) is 0 Å². The van der Waals surface area contributed by atoms with Gasteiger partial charge in [0.05, 0.1) is 18.8 Å². The van der Waals surface area contributed by atoms with Gasteiger partial charge in [-0.25, -0.2) is 13.1 Å². The van der Waals surface area contributed by atoms with E-state index >= 15 is 0 Å². The number of sulfonamides is 1. The lowest BCUT2D eigenvalue weighted by Gasteiger charge is -2.08. The molecule has 8 heteroatoms. The van der Waals surface area contributed by atoms with Gasteiger partial charge in [0.2, 0.25) is 10.0 Å². The molecule has 0 fully saturated rings. The zero-order chi connectivity index (χ0) is 14.9. The summed E-state index contributed by atoms with van der Waals surface area (Å²) in [6.45, 7) is 1.78. The molecule has 0 amide bonds. The first-order valence-electron chi connectivity index (χ1n) is 6.05. The molecule has 7 nitrogen and oxygen atoms in total. The Kier molecular flexibility index (Phi) is 8.33. The number of carbonyl (C=O) groups excluding carboxylic acids is 1. The Balaban J connectivity index is 3.79. The fourth-order valence-electron chi connectivity index (χ4n) is 1.34. The van der Waals surface area contributed by atoms with Crippen LogP contribution in [-0.2, 0) is 24.3 Å². The maximum Gasteiger partial charge on any atom is 0.306 e. The van der Waals surface area contributed by atoms with E-state index in [2.05, 4.69) is 9.46 Å². The average molecular weight is 295 g/mol. The predicted octanol–water partition coefficient (Wildman–Crippen LogP) is 0.360. The number of esters is 1. The highest BCUT2D eigenvalue weighted by Gasteiger charge is 2.13. The van der Waals surface area contributed by atoms with Crippen LogP contribution < -0.4 is 4.72 Å². The fourth-order valence-corrected chi connectivity index (χ4v) is 2.46. The van der Waals surface area contributed by atoms with Gasteiger partial charge in [0.25, 0.3) is 0 Å². The highest BCUT2D eigenvalue weighted by atomic mass is 32.2. The summed E-state index contributed by atoms with van der Waals surface area (Å²) >= 11 is 0. The van der Waals surface area contributed by atoms with Gasteiger partial charge in [0.1, 0.15) is 0 Å². The van der Waals surface area contributed by atoms with Crippen molar-refractivity contribution in [2.75, 3.05) is 19.4 Å². The minimum absolute atomic E-state index is 0.0630. The fraction of sp³-hybridized carbons (Fsp3) is 0.818. The van der Waals surface area contributed by atoms with Crippen LogP contribution in [0.1, 0.15) is 32.6 Å². The zero-order valence-electron chi connectivity index (χ0n) is 11.2. The van der Waals surface area contributed by atoms with Crippen molar-refractivity contribution in [2.24, 2.45) is 5.92 Å². The van der Waals surface area contributed by atoms with Crippen LogP contribution >= 0.6 is 0 Å². The van der Waals surface area contributed by atoms with Gasteiger partial charge in [0.15, 0.2) is 0 Å². The van der Waals surface area contributed by atoms with Gasteiger partial charge in [-0.05, 0) is 19.3 Å². The molecule has 0 aliphatic carbocycles. The van der Waals surface area contributed by atoms with Crippen molar-refractivity contribution in [3.05, 3.63) is 0 Å². The number of rotatable bonds is 10. The van der Waals surface area contributed by atoms with Gasteiger partial charge in [-0.1, -0.05) is 6.92 Å². The maximum absolute atomic E-state index is 11.5. The second-order valence-corrected chi connectivity index (χ2v) is 6.20. The van der Waals surface area contributed by atoms with E-state index in [1.54, 1.807) is 6.92 Å². The SMILES string of the molecule is COC(=O)CCCS(=O)(=O)NCCCC(C)C(=O)O. The number of ether oxygens (including phenoxy) is 1. The molecule has 0 saturated carbocycles. The summed E-state index contributed by atoms with van der Waals surface area (Å²) in [5, 5.41) is 8.65. The van der Waals surface area contributed by atoms with Crippen LogP contribution in [0.4, 0.5) is 0 Å². The monoisotopic (exact) mass is 295 g/mol. The van der Waals surface area contributed by atoms with Crippen molar-refractivity contribution >= 4 is 22.0 Å². The van der Waals surface area contributed by atoms with Crippen LogP contribution in [0.5, 0.6) is 0 Å². The van der Waals surface area contributed by atoms with Crippen molar-refractivity contribution in [3.63, 3.8) is 0 Å². The zero-order valence-corrected chi connectivity index (χ0v) is 12.0. The van der Waals surface area contributed by atoms with Crippen molar-refractivity contribution < 1.29 is 27.9 Å². The lowest BCUT2D eigenvalue weighted by atomic mass is 10.1. The van der Waals surface area contributed by atoms with E-state index in [-0.39, 0.29) is 25.1 Å². The van der Waals surface area contributed by atoms with E-state index < -0.39 is 27.9 Å². The van der Waals surface area contributed by atoms with Crippen LogP contribution in [0.2, 0.25) is 0 Å². The molecular formula is C11H21NO6S. The summed E-state index contributed by atoms with van der Waals surface area (Å²) in [7, 11) is -2.16. The first-order chi connectivity index (χ1) is 8.78. The van der Waals surface area contributed by atoms with E-state index in [0.29, 0.717) is 12.8 Å². The molecule has 0 aromatic carbocycles. The number of hydrogen-bond acceptors (Lipinski definition) is 5. The molecule has 1 atom stereocenters. The lowest BCUT2D eigenvalue weighted by Crippen LogP contribution is -2.28. The molecule has 0 saturated heterocycles. The van der Waals surface area contributed by atoms with E-state index in [9.17, 15) is 18.0 Å². The Labute approximate surface area is 113 Å². The molecule has 2 N–H and O–H groups in total. The lowest BCUT2D eigenvalue weighted by molar-refractivity contribution is -0.141. The molecule has 0 radical (unpaired) electrons. The molecule has 0 aromatic heterocycles. The maximum atomic E-state index is 11.5. The van der Waals surface area contributed by atoms with Crippen LogP contribution in [0.25, 0.3) is 0 Å². The summed E-state index contributed by atoms with van der Waals surface area (Å²) in [5.41, 5.74) is 0. The molecular weight excluding hydrogens is 274 g/mol. The predicted molar refractivity (Wildman–Crippen MR) is 69.1 cm³/mol. The highest BCUT2D eigenvalue weighted by molar-refractivity contribution is 7.89. The van der Waals surface area contributed by atoms with E-state index in [1.807, 2.05) is 0 Å². The molecule has 0 bridgehead atoms. The van der Waals surface area contributed by atoms with Crippen LogP contribution in [-0.4, -0.2) is 44.9 Å². The number of methoxy groups -OCH3 is 1. The molecule has 112 valence electrons. The smallest absolute Gasteiger partial charge is 0.306 e. The molecule has 19 heavy (non-hydrogen) atoms. The number of carboxylic acids is 1. The van der Waals surface area contributed by atoms with Crippen LogP contribution in [0.3, 0.4) is 0 Å². The molecule has 0 aromatic rings. The molecule has 1 unspecified atom stereocenters. The number of aliphatic carboxylic acids is 1. The van der Waals surface area contributed by atoms with Gasteiger partial charge in [-0.15, -0.1) is 0 Å². The number of hydrogen-bond donors (Lipinski definition) is 2. The largest absolute Gasteiger partial charge is 0.481 e. The van der Waals surface area contributed by atoms with Crippen LogP contribution in [0.15, 0.2) is 0 Å². The Hall–Kier alpha value is -1.15. The van der Waals surface area contributed by atoms with Gasteiger partial charge in [-0.2, -0.15) is 0 Å². The highest BCUT2D eigenvalue weighted by Crippen LogP contribution is 2.05. The number of carboxylic acid groups (broad SMARTS) is 1. The summed E-state index contributed by atoms with van der Waals surface area (Å²) in [4.78, 5) is 21.3. The quantitative estimate of drug-likeness (QED) is 0.445. The first-order valence-corrected chi connectivity index (χ1v) is 7.70. The average Bonchev–Trinajstić information content (AvgIpc) is 2.33. The Morgan fingerprint density at radius 1 is 1.32 bits per heavy atom. The third kappa shape index (κ3) is 9.43. The Morgan fingerprint density at radius 3 is 2.47 bits per heavy atom. The minimum atomic E-state index is -3.41. The van der Waals surface area contributed by atoms with Gasteiger partial charge >= 0.3 is 11.9 Å². The summed E-state index contributed by atoms with van der Waals surface area (Å²) < 4.78 is 29.8. The van der Waals surface area contributed by atoms with Crippen LogP contribution in [0, 0.1) is 5.92 Å². The van der Waals surface area contributed by atoms with E-state index in [4.69, 9.17) is 5.11 Å². The van der Waals surface area contributed by atoms with E-state index in [0.717, 1.165) is 0 Å². The summed E-state index contributed by atoms with van der Waals surface area (Å²) in [5.74, 6) is -1.95.